The fraction of sp³-hybridized carbons (Fsp3) is 0.361. The van der Waals surface area contributed by atoms with Gasteiger partial charge in [-0.2, -0.15) is 0 Å². The summed E-state index contributed by atoms with van der Waals surface area (Å²) in [6.07, 6.45) is 0.568. The Labute approximate surface area is 304 Å². The van der Waals surface area contributed by atoms with Crippen molar-refractivity contribution in [3.05, 3.63) is 83.2 Å². The Balaban J connectivity index is 1.33. The Morgan fingerprint density at radius 3 is 2.44 bits per heavy atom. The van der Waals surface area contributed by atoms with Gasteiger partial charge in [0.25, 0.3) is 0 Å². The van der Waals surface area contributed by atoms with Gasteiger partial charge in [0.2, 0.25) is 29.5 Å². The first-order chi connectivity index (χ1) is 24.8. The van der Waals surface area contributed by atoms with Crippen LogP contribution in [0.1, 0.15) is 43.2 Å². The van der Waals surface area contributed by atoms with Crippen LogP contribution in [0.15, 0.2) is 72.1 Å². The molecule has 14 nitrogen and oxygen atoms in total. The number of ether oxygens (including phenoxy) is 1. The molecule has 276 valence electrons. The van der Waals surface area contributed by atoms with Gasteiger partial charge in [0.15, 0.2) is 0 Å². The monoisotopic (exact) mass is 751 g/mol. The number of carbonyl (C=O) groups excluding carboxylic acids is 5. The number of thiophene rings is 1. The lowest BCUT2D eigenvalue weighted by Crippen LogP contribution is -2.60. The van der Waals surface area contributed by atoms with Gasteiger partial charge in [0, 0.05) is 31.1 Å². The normalized spacial score (nSPS) is 16.5. The highest BCUT2D eigenvalue weighted by Gasteiger charge is 2.38. The Hall–Kier alpha value is -4.66. The van der Waals surface area contributed by atoms with E-state index in [4.69, 9.17) is 10.5 Å². The molecule has 0 radical (unpaired) electrons. The molecule has 1 saturated heterocycles. The SMILES string of the molecule is CC(=O)NC(Cc1csc2ccccc12)C(=O)NC(COCP(=O)(O)O)C(=O)N1CCCCC1C(=O)NCC(C(N)=O)c1ccc2ccccc2c1. The van der Waals surface area contributed by atoms with Crippen LogP contribution in [0.5, 0.6) is 0 Å². The lowest BCUT2D eigenvalue weighted by Gasteiger charge is -2.37. The van der Waals surface area contributed by atoms with Gasteiger partial charge in [0.1, 0.15) is 24.5 Å². The lowest BCUT2D eigenvalue weighted by atomic mass is 9.95. The van der Waals surface area contributed by atoms with Gasteiger partial charge in [-0.15, -0.1) is 11.3 Å². The van der Waals surface area contributed by atoms with E-state index in [1.807, 2.05) is 66.0 Å². The maximum Gasteiger partial charge on any atom is 0.350 e. The first kappa shape index (κ1) is 38.6. The van der Waals surface area contributed by atoms with Crippen molar-refractivity contribution < 1.29 is 43.1 Å². The summed E-state index contributed by atoms with van der Waals surface area (Å²) in [6, 6.07) is 17.2. The van der Waals surface area contributed by atoms with Crippen molar-refractivity contribution in [3.8, 4) is 0 Å². The Morgan fingerprint density at radius 2 is 1.71 bits per heavy atom. The first-order valence-corrected chi connectivity index (χ1v) is 19.5. The first-order valence-electron chi connectivity index (χ1n) is 16.8. The number of primary amides is 1. The topological polar surface area (TPSA) is 217 Å². The minimum Gasteiger partial charge on any atom is -0.369 e. The highest BCUT2D eigenvalue weighted by molar-refractivity contribution is 7.51. The number of benzene rings is 3. The van der Waals surface area contributed by atoms with Gasteiger partial charge < -0.3 is 41.1 Å². The van der Waals surface area contributed by atoms with Crippen molar-refractivity contribution in [1.29, 1.82) is 0 Å². The molecule has 0 spiro atoms. The second-order valence-electron chi connectivity index (χ2n) is 12.8. The Bertz CT molecular complexity index is 2000. The molecule has 52 heavy (non-hydrogen) atoms. The molecule has 5 amide bonds. The third-order valence-corrected chi connectivity index (χ3v) is 10.5. The zero-order valence-electron chi connectivity index (χ0n) is 28.5. The third kappa shape index (κ3) is 10.0. The van der Waals surface area contributed by atoms with Gasteiger partial charge in [-0.3, -0.25) is 28.5 Å². The molecule has 0 bridgehead atoms. The van der Waals surface area contributed by atoms with Crippen LogP contribution in [0.2, 0.25) is 0 Å². The predicted octanol–water partition coefficient (Wildman–Crippen LogP) is 2.50. The molecule has 4 atom stereocenters. The lowest BCUT2D eigenvalue weighted by molar-refractivity contribution is -0.146. The number of hydrogen-bond acceptors (Lipinski definition) is 8. The predicted molar refractivity (Wildman–Crippen MR) is 196 cm³/mol. The minimum atomic E-state index is -4.63. The van der Waals surface area contributed by atoms with Crippen molar-refractivity contribution in [1.82, 2.24) is 20.9 Å². The van der Waals surface area contributed by atoms with Crippen molar-refractivity contribution in [2.75, 3.05) is 26.0 Å². The highest BCUT2D eigenvalue weighted by Crippen LogP contribution is 2.34. The number of likely N-dealkylation sites (tertiary alicyclic amines) is 1. The molecule has 4 unspecified atom stereocenters. The highest BCUT2D eigenvalue weighted by atomic mass is 32.1. The number of rotatable bonds is 15. The second-order valence-corrected chi connectivity index (χ2v) is 15.3. The summed E-state index contributed by atoms with van der Waals surface area (Å²) in [6.45, 7) is 0.686. The molecule has 0 aliphatic carbocycles. The third-order valence-electron chi connectivity index (χ3n) is 8.93. The Kier molecular flexibility index (Phi) is 12.8. The fourth-order valence-electron chi connectivity index (χ4n) is 6.40. The number of fused-ring (bicyclic) bond motifs is 2. The number of nitrogens with one attached hydrogen (secondary N) is 3. The maximum atomic E-state index is 14.1. The van der Waals surface area contributed by atoms with Crippen LogP contribution in [-0.4, -0.2) is 88.4 Å². The quantitative estimate of drug-likeness (QED) is 0.0983. The van der Waals surface area contributed by atoms with Crippen LogP contribution < -0.4 is 21.7 Å². The van der Waals surface area contributed by atoms with Gasteiger partial charge in [-0.1, -0.05) is 60.7 Å². The molecule has 2 heterocycles. The molecule has 3 aromatic carbocycles. The molecule has 1 fully saturated rings. The van der Waals surface area contributed by atoms with Crippen molar-refractivity contribution >= 4 is 69.3 Å². The molecule has 7 N–H and O–H groups in total. The van der Waals surface area contributed by atoms with Crippen LogP contribution in [0.25, 0.3) is 20.9 Å². The zero-order valence-corrected chi connectivity index (χ0v) is 30.2. The van der Waals surface area contributed by atoms with E-state index in [0.29, 0.717) is 24.8 Å². The van der Waals surface area contributed by atoms with Gasteiger partial charge >= 0.3 is 7.60 Å². The van der Waals surface area contributed by atoms with E-state index < -0.39 is 74.1 Å². The van der Waals surface area contributed by atoms with Crippen LogP contribution in [0.3, 0.4) is 0 Å². The van der Waals surface area contributed by atoms with Crippen LogP contribution in [-0.2, 0) is 39.7 Å². The minimum absolute atomic E-state index is 0.104. The summed E-state index contributed by atoms with van der Waals surface area (Å²) in [5.41, 5.74) is 7.18. The fourth-order valence-corrected chi connectivity index (χ4v) is 7.72. The van der Waals surface area contributed by atoms with E-state index in [9.17, 15) is 38.3 Å². The number of carbonyl (C=O) groups is 5. The number of nitrogens with two attached hydrogens (primary N) is 1. The standard InChI is InChI=1S/C36H42N5O9PS/c1-22(42)39-29(17-26-20-52-32-12-5-4-10-27(26)32)34(44)40-30(19-50-21-51(47,48)49)36(46)41-15-7-6-11-31(41)35(45)38-18-28(33(37)43)25-14-13-23-8-2-3-9-24(23)16-25/h2-5,8-10,12-14,16,20,28-31H,6-7,11,15,17-19,21H2,1H3,(H2,37,43)(H,38,45)(H,39,42)(H,40,44)(H2,47,48,49). The largest absolute Gasteiger partial charge is 0.369 e. The molecule has 16 heteroatoms. The summed E-state index contributed by atoms with van der Waals surface area (Å²) in [4.78, 5) is 86.3. The molecule has 0 saturated carbocycles. The van der Waals surface area contributed by atoms with Gasteiger partial charge in [-0.25, -0.2) is 0 Å². The number of hydrogen-bond donors (Lipinski definition) is 6. The van der Waals surface area contributed by atoms with E-state index in [1.165, 1.54) is 23.2 Å². The maximum absolute atomic E-state index is 14.1. The Morgan fingerprint density at radius 1 is 0.981 bits per heavy atom. The van der Waals surface area contributed by atoms with E-state index in [2.05, 4.69) is 16.0 Å². The van der Waals surface area contributed by atoms with Crippen molar-refractivity contribution in [3.63, 3.8) is 0 Å². The van der Waals surface area contributed by atoms with Gasteiger partial charge in [-0.05, 0) is 58.0 Å². The van der Waals surface area contributed by atoms with E-state index in [1.54, 1.807) is 6.07 Å². The zero-order chi connectivity index (χ0) is 37.4. The second kappa shape index (κ2) is 17.2. The van der Waals surface area contributed by atoms with Gasteiger partial charge in [0.05, 0.1) is 12.5 Å². The average Bonchev–Trinajstić information content (AvgIpc) is 3.52. The van der Waals surface area contributed by atoms with Crippen LogP contribution in [0.4, 0.5) is 0 Å². The van der Waals surface area contributed by atoms with Crippen molar-refractivity contribution in [2.24, 2.45) is 5.73 Å². The van der Waals surface area contributed by atoms with E-state index in [-0.39, 0.29) is 19.5 Å². The molecule has 1 aromatic heterocycles. The molecule has 5 rings (SSSR count). The summed E-state index contributed by atoms with van der Waals surface area (Å²) >= 11 is 1.48. The molecule has 4 aromatic rings. The molecular formula is C36H42N5O9PS. The van der Waals surface area contributed by atoms with Crippen LogP contribution in [0, 0.1) is 0 Å². The van der Waals surface area contributed by atoms with E-state index >= 15 is 0 Å². The summed E-state index contributed by atoms with van der Waals surface area (Å²) in [5.74, 6) is -3.92. The summed E-state index contributed by atoms with van der Waals surface area (Å²) in [7, 11) is -4.63. The summed E-state index contributed by atoms with van der Waals surface area (Å²) in [5, 5.41) is 12.7. The smallest absolute Gasteiger partial charge is 0.350 e. The van der Waals surface area contributed by atoms with Crippen LogP contribution >= 0.6 is 18.9 Å². The summed E-state index contributed by atoms with van der Waals surface area (Å²) < 4.78 is 17.8. The molecule has 1 aliphatic rings. The van der Waals surface area contributed by atoms with E-state index in [0.717, 1.165) is 26.4 Å². The average molecular weight is 752 g/mol. The molecule has 1 aliphatic heterocycles. The number of nitrogens with zero attached hydrogens (tertiary/aromatic N) is 1. The molecular weight excluding hydrogens is 709 g/mol. The number of piperidine rings is 1. The van der Waals surface area contributed by atoms with Crippen molar-refractivity contribution in [2.45, 2.75) is 56.7 Å². The number of amides is 5.